The minimum Gasteiger partial charge on any atom is -0.452 e. The molecule has 0 aliphatic heterocycles. The molecular formula is C34H21N3O. The number of nitrogens with zero attached hydrogens (tertiary/aromatic N) is 3. The van der Waals surface area contributed by atoms with Gasteiger partial charge in [0.2, 0.25) is 0 Å². The zero-order valence-corrected chi connectivity index (χ0v) is 20.4. The number of rotatable bonds is 3. The molecule has 0 atom stereocenters. The van der Waals surface area contributed by atoms with E-state index in [0.29, 0.717) is 11.4 Å². The van der Waals surface area contributed by atoms with Crippen LogP contribution >= 0.6 is 0 Å². The molecule has 0 saturated carbocycles. The Labute approximate surface area is 218 Å². The van der Waals surface area contributed by atoms with Crippen molar-refractivity contribution in [1.29, 1.82) is 0 Å². The fraction of sp³-hybridized carbons (Fsp3) is 0. The first-order chi connectivity index (χ1) is 18.8. The molecule has 0 N–H and O–H groups in total. The second-order valence-corrected chi connectivity index (χ2v) is 9.46. The normalized spacial score (nSPS) is 11.7. The summed E-state index contributed by atoms with van der Waals surface area (Å²) in [4.78, 5) is 10.0. The maximum Gasteiger partial charge on any atom is 0.180 e. The van der Waals surface area contributed by atoms with Crippen LogP contribution in [-0.2, 0) is 0 Å². The summed E-state index contributed by atoms with van der Waals surface area (Å²) >= 11 is 0. The summed E-state index contributed by atoms with van der Waals surface area (Å²) in [5.74, 6) is 0.682. The van der Waals surface area contributed by atoms with E-state index in [2.05, 4.69) is 77.4 Å². The lowest BCUT2D eigenvalue weighted by Crippen LogP contribution is -1.94. The average molecular weight is 488 g/mol. The molecule has 0 aliphatic carbocycles. The van der Waals surface area contributed by atoms with Crippen LogP contribution in [0.4, 0.5) is 0 Å². The molecule has 0 aliphatic rings. The maximum absolute atomic E-state index is 6.44. The van der Waals surface area contributed by atoms with Crippen molar-refractivity contribution in [3.63, 3.8) is 0 Å². The minimum absolute atomic E-state index is 0.682. The lowest BCUT2D eigenvalue weighted by atomic mass is 10.1. The molecule has 0 radical (unpaired) electrons. The molecule has 0 bridgehead atoms. The molecule has 178 valence electrons. The van der Waals surface area contributed by atoms with Gasteiger partial charge in [-0.25, -0.2) is 9.97 Å². The van der Waals surface area contributed by atoms with Crippen LogP contribution in [0.1, 0.15) is 0 Å². The molecule has 0 fully saturated rings. The van der Waals surface area contributed by atoms with Crippen molar-refractivity contribution in [3.8, 4) is 28.3 Å². The van der Waals surface area contributed by atoms with Gasteiger partial charge < -0.3 is 8.98 Å². The van der Waals surface area contributed by atoms with Gasteiger partial charge in [-0.15, -0.1) is 0 Å². The number of fused-ring (bicyclic) bond motifs is 6. The summed E-state index contributed by atoms with van der Waals surface area (Å²) in [7, 11) is 0. The van der Waals surface area contributed by atoms with Crippen molar-refractivity contribution in [3.05, 3.63) is 127 Å². The van der Waals surface area contributed by atoms with Crippen molar-refractivity contribution in [2.75, 3.05) is 0 Å². The summed E-state index contributed by atoms with van der Waals surface area (Å²) in [6.45, 7) is 0. The Morgan fingerprint density at radius 2 is 1.13 bits per heavy atom. The topological polar surface area (TPSA) is 43.9 Å². The second kappa shape index (κ2) is 8.15. The molecule has 4 nitrogen and oxygen atoms in total. The Morgan fingerprint density at radius 1 is 0.526 bits per heavy atom. The highest BCUT2D eigenvalue weighted by Crippen LogP contribution is 2.38. The van der Waals surface area contributed by atoms with Crippen molar-refractivity contribution in [2.24, 2.45) is 0 Å². The Kier molecular flexibility index (Phi) is 4.49. The molecular weight excluding hydrogens is 466 g/mol. The van der Waals surface area contributed by atoms with Crippen molar-refractivity contribution in [2.45, 2.75) is 0 Å². The van der Waals surface area contributed by atoms with E-state index in [-0.39, 0.29) is 0 Å². The van der Waals surface area contributed by atoms with Gasteiger partial charge in [0.1, 0.15) is 16.8 Å². The number of hydrogen-bond donors (Lipinski definition) is 0. The quantitative estimate of drug-likeness (QED) is 0.250. The van der Waals surface area contributed by atoms with Crippen LogP contribution in [0.5, 0.6) is 0 Å². The van der Waals surface area contributed by atoms with Crippen LogP contribution in [0, 0.1) is 0 Å². The zero-order chi connectivity index (χ0) is 25.1. The fourth-order valence-corrected chi connectivity index (χ4v) is 5.48. The summed E-state index contributed by atoms with van der Waals surface area (Å²) in [5, 5.41) is 3.44. The number of aromatic nitrogens is 3. The first-order valence-corrected chi connectivity index (χ1v) is 12.7. The van der Waals surface area contributed by atoms with Gasteiger partial charge in [0.15, 0.2) is 11.4 Å². The third kappa shape index (κ3) is 3.10. The Balaban J connectivity index is 1.45. The van der Waals surface area contributed by atoms with Gasteiger partial charge in [0.25, 0.3) is 0 Å². The Bertz CT molecular complexity index is 2070. The fourth-order valence-electron chi connectivity index (χ4n) is 5.48. The van der Waals surface area contributed by atoms with Crippen LogP contribution in [0.15, 0.2) is 132 Å². The third-order valence-electron chi connectivity index (χ3n) is 7.21. The predicted octanol–water partition coefficient (Wildman–Crippen LogP) is 8.81. The Hall–Kier alpha value is -5.22. The van der Waals surface area contributed by atoms with Crippen molar-refractivity contribution < 1.29 is 4.42 Å². The highest BCUT2D eigenvalue weighted by molar-refractivity contribution is 6.11. The minimum atomic E-state index is 0.682. The van der Waals surface area contributed by atoms with Crippen molar-refractivity contribution in [1.82, 2.24) is 14.5 Å². The van der Waals surface area contributed by atoms with Gasteiger partial charge in [-0.05, 0) is 30.3 Å². The number of para-hydroxylation sites is 2. The van der Waals surface area contributed by atoms with Gasteiger partial charge >= 0.3 is 0 Å². The standard InChI is InChI=1S/C34H21N3O/c1-3-11-22(12-4-1)31-33-32(36-34(35-31)23-13-5-2-6-14-23)27-21-24(19-20-30(27)38-33)37-28-17-9-7-15-25(28)26-16-8-10-18-29(26)37/h1-21H. The molecule has 38 heavy (non-hydrogen) atoms. The highest BCUT2D eigenvalue weighted by atomic mass is 16.3. The van der Waals surface area contributed by atoms with E-state index in [9.17, 15) is 0 Å². The second-order valence-electron chi connectivity index (χ2n) is 9.46. The van der Waals surface area contributed by atoms with Crippen LogP contribution in [0.2, 0.25) is 0 Å². The molecule has 0 amide bonds. The molecule has 0 saturated heterocycles. The molecule has 3 aromatic heterocycles. The summed E-state index contributed by atoms with van der Waals surface area (Å²) in [5.41, 5.74) is 8.48. The first-order valence-electron chi connectivity index (χ1n) is 12.7. The van der Waals surface area contributed by atoms with E-state index in [1.54, 1.807) is 0 Å². The maximum atomic E-state index is 6.44. The first kappa shape index (κ1) is 20.9. The molecule has 8 aromatic rings. The van der Waals surface area contributed by atoms with Gasteiger partial charge in [0.05, 0.1) is 11.0 Å². The van der Waals surface area contributed by atoms with E-state index in [1.165, 1.54) is 21.8 Å². The monoisotopic (exact) mass is 487 g/mol. The largest absolute Gasteiger partial charge is 0.452 e. The summed E-state index contributed by atoms with van der Waals surface area (Å²) < 4.78 is 8.76. The summed E-state index contributed by atoms with van der Waals surface area (Å²) in [6, 6.07) is 43.8. The molecule has 4 heteroatoms. The van der Waals surface area contributed by atoms with Gasteiger partial charge in [-0.3, -0.25) is 0 Å². The van der Waals surface area contributed by atoms with Gasteiger partial charge in [-0.1, -0.05) is 97.1 Å². The van der Waals surface area contributed by atoms with Gasteiger partial charge in [-0.2, -0.15) is 0 Å². The average Bonchev–Trinajstić information content (AvgIpc) is 3.53. The smallest absolute Gasteiger partial charge is 0.180 e. The van der Waals surface area contributed by atoms with E-state index in [0.717, 1.165) is 39.0 Å². The lowest BCUT2D eigenvalue weighted by molar-refractivity contribution is 0.667. The molecule has 0 spiro atoms. The van der Waals surface area contributed by atoms with E-state index in [1.807, 2.05) is 54.6 Å². The predicted molar refractivity (Wildman–Crippen MR) is 155 cm³/mol. The van der Waals surface area contributed by atoms with Crippen LogP contribution < -0.4 is 0 Å². The zero-order valence-electron chi connectivity index (χ0n) is 20.4. The molecule has 5 aromatic carbocycles. The number of hydrogen-bond acceptors (Lipinski definition) is 3. The van der Waals surface area contributed by atoms with Crippen LogP contribution in [0.3, 0.4) is 0 Å². The van der Waals surface area contributed by atoms with Crippen LogP contribution in [-0.4, -0.2) is 14.5 Å². The summed E-state index contributed by atoms with van der Waals surface area (Å²) in [6.07, 6.45) is 0. The molecule has 3 heterocycles. The van der Waals surface area contributed by atoms with E-state index < -0.39 is 0 Å². The molecule has 8 rings (SSSR count). The van der Waals surface area contributed by atoms with E-state index in [4.69, 9.17) is 14.4 Å². The highest BCUT2D eigenvalue weighted by Gasteiger charge is 2.19. The van der Waals surface area contributed by atoms with E-state index >= 15 is 0 Å². The molecule has 0 unspecified atom stereocenters. The Morgan fingerprint density at radius 3 is 1.82 bits per heavy atom. The van der Waals surface area contributed by atoms with Crippen molar-refractivity contribution >= 4 is 43.9 Å². The third-order valence-corrected chi connectivity index (χ3v) is 7.21. The SMILES string of the molecule is c1ccc(-c2nc(-c3ccccc3)c3oc4ccc(-n5c6ccccc6c6ccccc65)cc4c3n2)cc1. The van der Waals surface area contributed by atoms with Gasteiger partial charge in [0, 0.05) is 33.0 Å². The number of furan rings is 1. The van der Waals surface area contributed by atoms with Crippen LogP contribution in [0.25, 0.3) is 72.2 Å². The lowest BCUT2D eigenvalue weighted by Gasteiger charge is -2.08. The number of benzene rings is 5.